The van der Waals surface area contributed by atoms with Gasteiger partial charge in [0.1, 0.15) is 5.82 Å². The average Bonchev–Trinajstić information content (AvgIpc) is 2.28. The van der Waals surface area contributed by atoms with Gasteiger partial charge in [0.2, 0.25) is 0 Å². The zero-order valence-corrected chi connectivity index (χ0v) is 10.1. The van der Waals surface area contributed by atoms with Crippen molar-refractivity contribution in [2.24, 2.45) is 0 Å². The van der Waals surface area contributed by atoms with Gasteiger partial charge in [-0.3, -0.25) is 4.79 Å². The molecule has 1 aromatic rings. The monoisotopic (exact) mass is 275 g/mol. The highest BCUT2D eigenvalue weighted by Crippen LogP contribution is 2.19. The third kappa shape index (κ3) is 3.18. The molecule has 5 nitrogen and oxygen atoms in total. The molecular weight excluding hydrogens is 265 g/mol. The predicted molar refractivity (Wildman–Crippen MR) is 62.0 cm³/mol. The van der Waals surface area contributed by atoms with Gasteiger partial charge in [-0.05, 0) is 19.1 Å². The van der Waals surface area contributed by atoms with Gasteiger partial charge in [0.25, 0.3) is 5.91 Å². The summed E-state index contributed by atoms with van der Waals surface area (Å²) in [6.07, 6.45) is -1.29. The first kappa shape index (κ1) is 14.4. The minimum absolute atomic E-state index is 0.191. The molecule has 0 saturated carbocycles. The molecule has 0 aliphatic rings. The molecule has 1 aromatic carbocycles. The summed E-state index contributed by atoms with van der Waals surface area (Å²) in [4.78, 5) is 22.5. The maximum absolute atomic E-state index is 13.1. The van der Waals surface area contributed by atoms with E-state index in [1.54, 1.807) is 0 Å². The van der Waals surface area contributed by atoms with Crippen molar-refractivity contribution in [1.82, 2.24) is 5.32 Å². The molecule has 98 valence electrons. The normalized spacial score (nSPS) is 13.8. The summed E-state index contributed by atoms with van der Waals surface area (Å²) in [5, 5.41) is 19.6. The second-order valence-corrected chi connectivity index (χ2v) is 4.01. The number of nitrogens with one attached hydrogen (secondary N) is 1. The Labute approximate surface area is 107 Å². The largest absolute Gasteiger partial charge is 0.480 e. The number of aliphatic hydroxyl groups excluding tert-OH is 1. The average molecular weight is 276 g/mol. The maximum Gasteiger partial charge on any atom is 0.328 e. The van der Waals surface area contributed by atoms with Gasteiger partial charge in [0.05, 0.1) is 16.7 Å². The third-order valence-electron chi connectivity index (χ3n) is 2.23. The Kier molecular flexibility index (Phi) is 4.63. The number of benzene rings is 1. The Morgan fingerprint density at radius 2 is 2.06 bits per heavy atom. The van der Waals surface area contributed by atoms with Crippen LogP contribution in [0.5, 0.6) is 0 Å². The molecule has 18 heavy (non-hydrogen) atoms. The molecule has 0 saturated heterocycles. The van der Waals surface area contributed by atoms with E-state index in [4.69, 9.17) is 16.7 Å². The van der Waals surface area contributed by atoms with Gasteiger partial charge in [0, 0.05) is 0 Å². The number of rotatable bonds is 4. The van der Waals surface area contributed by atoms with Crippen molar-refractivity contribution in [3.05, 3.63) is 34.6 Å². The molecule has 1 rings (SSSR count). The summed E-state index contributed by atoms with van der Waals surface area (Å²) in [6, 6.07) is 2.11. The van der Waals surface area contributed by atoms with Crippen LogP contribution in [0, 0.1) is 5.82 Å². The summed E-state index contributed by atoms with van der Waals surface area (Å²) in [7, 11) is 0. The van der Waals surface area contributed by atoms with Crippen LogP contribution in [-0.4, -0.2) is 34.2 Å². The first-order chi connectivity index (χ1) is 8.34. The van der Waals surface area contributed by atoms with E-state index in [-0.39, 0.29) is 5.56 Å². The first-order valence-electron chi connectivity index (χ1n) is 5.00. The van der Waals surface area contributed by atoms with E-state index in [0.717, 1.165) is 6.07 Å². The lowest BCUT2D eigenvalue weighted by Crippen LogP contribution is -2.47. The van der Waals surface area contributed by atoms with Crippen LogP contribution in [0.15, 0.2) is 18.2 Å². The Balaban J connectivity index is 2.94. The van der Waals surface area contributed by atoms with Gasteiger partial charge in [-0.25, -0.2) is 9.18 Å². The number of aliphatic hydroxyl groups is 1. The van der Waals surface area contributed by atoms with Crippen LogP contribution in [0.2, 0.25) is 5.02 Å². The number of aliphatic carboxylic acids is 1. The van der Waals surface area contributed by atoms with E-state index >= 15 is 0 Å². The molecule has 2 unspecified atom stereocenters. The van der Waals surface area contributed by atoms with E-state index in [1.165, 1.54) is 19.1 Å². The standard InChI is InChI=1S/C11H11ClFNO4/c1-5(15)9(11(17)18)14-10(16)6-3-2-4-7(13)8(6)12/h2-5,9,15H,1H3,(H,14,16)(H,17,18). The van der Waals surface area contributed by atoms with Gasteiger partial charge in [-0.1, -0.05) is 17.7 Å². The Morgan fingerprint density at radius 1 is 1.44 bits per heavy atom. The lowest BCUT2D eigenvalue weighted by Gasteiger charge is -2.17. The van der Waals surface area contributed by atoms with E-state index in [9.17, 15) is 19.1 Å². The fourth-order valence-corrected chi connectivity index (χ4v) is 1.50. The van der Waals surface area contributed by atoms with Crippen LogP contribution in [0.3, 0.4) is 0 Å². The lowest BCUT2D eigenvalue weighted by molar-refractivity contribution is -0.141. The molecule has 0 heterocycles. The zero-order chi connectivity index (χ0) is 13.9. The van der Waals surface area contributed by atoms with Crippen LogP contribution in [0.4, 0.5) is 4.39 Å². The maximum atomic E-state index is 13.1. The molecule has 3 N–H and O–H groups in total. The quantitative estimate of drug-likeness (QED) is 0.766. The number of hydrogen-bond donors (Lipinski definition) is 3. The summed E-state index contributed by atoms with van der Waals surface area (Å²) >= 11 is 5.58. The molecule has 0 fully saturated rings. The third-order valence-corrected chi connectivity index (χ3v) is 2.62. The zero-order valence-electron chi connectivity index (χ0n) is 9.35. The van der Waals surface area contributed by atoms with Crippen molar-refractivity contribution < 1.29 is 24.2 Å². The SMILES string of the molecule is CC(O)C(NC(=O)c1cccc(F)c1Cl)C(=O)O. The van der Waals surface area contributed by atoms with Crippen LogP contribution in [0.1, 0.15) is 17.3 Å². The van der Waals surface area contributed by atoms with E-state index in [0.29, 0.717) is 0 Å². The fourth-order valence-electron chi connectivity index (χ4n) is 1.29. The van der Waals surface area contributed by atoms with Crippen LogP contribution >= 0.6 is 11.6 Å². The van der Waals surface area contributed by atoms with Gasteiger partial charge in [0.15, 0.2) is 6.04 Å². The van der Waals surface area contributed by atoms with Crippen molar-refractivity contribution in [1.29, 1.82) is 0 Å². The van der Waals surface area contributed by atoms with Crippen molar-refractivity contribution in [3.63, 3.8) is 0 Å². The van der Waals surface area contributed by atoms with Gasteiger partial charge < -0.3 is 15.5 Å². The molecule has 0 aromatic heterocycles. The molecule has 0 aliphatic carbocycles. The second-order valence-electron chi connectivity index (χ2n) is 3.63. The van der Waals surface area contributed by atoms with E-state index in [1.807, 2.05) is 0 Å². The molecule has 1 amide bonds. The topological polar surface area (TPSA) is 86.6 Å². The fraction of sp³-hybridized carbons (Fsp3) is 0.273. The molecule has 0 radical (unpaired) electrons. The number of halogens is 2. The van der Waals surface area contributed by atoms with Crippen molar-refractivity contribution in [3.8, 4) is 0 Å². The Bertz CT molecular complexity index is 478. The second kappa shape index (κ2) is 5.79. The van der Waals surface area contributed by atoms with Gasteiger partial charge in [-0.2, -0.15) is 0 Å². The van der Waals surface area contributed by atoms with E-state index < -0.39 is 34.9 Å². The van der Waals surface area contributed by atoms with Crippen LogP contribution in [-0.2, 0) is 4.79 Å². The van der Waals surface area contributed by atoms with Gasteiger partial charge in [-0.15, -0.1) is 0 Å². The summed E-state index contributed by atoms with van der Waals surface area (Å²) in [5.41, 5.74) is -0.191. The van der Waals surface area contributed by atoms with Crippen molar-refractivity contribution in [2.45, 2.75) is 19.1 Å². The van der Waals surface area contributed by atoms with E-state index in [2.05, 4.69) is 5.32 Å². The van der Waals surface area contributed by atoms with Crippen molar-refractivity contribution >= 4 is 23.5 Å². The highest BCUT2D eigenvalue weighted by atomic mass is 35.5. The summed E-state index contributed by atoms with van der Waals surface area (Å²) in [5.74, 6) is -3.05. The number of carbonyl (C=O) groups excluding carboxylic acids is 1. The molecule has 0 spiro atoms. The molecule has 0 aliphatic heterocycles. The van der Waals surface area contributed by atoms with Crippen LogP contribution in [0.25, 0.3) is 0 Å². The molecular formula is C11H11ClFNO4. The number of carbonyl (C=O) groups is 2. The minimum Gasteiger partial charge on any atom is -0.480 e. The number of carboxylic acids is 1. The van der Waals surface area contributed by atoms with Gasteiger partial charge >= 0.3 is 5.97 Å². The highest BCUT2D eigenvalue weighted by molar-refractivity contribution is 6.34. The molecule has 7 heteroatoms. The summed E-state index contributed by atoms with van der Waals surface area (Å²) < 4.78 is 13.1. The number of amides is 1. The number of hydrogen-bond acceptors (Lipinski definition) is 3. The smallest absolute Gasteiger partial charge is 0.328 e. The summed E-state index contributed by atoms with van der Waals surface area (Å²) in [6.45, 7) is 1.21. The predicted octanol–water partition coefficient (Wildman–Crippen LogP) is 1.04. The molecule has 0 bridgehead atoms. The van der Waals surface area contributed by atoms with Crippen molar-refractivity contribution in [2.75, 3.05) is 0 Å². The highest BCUT2D eigenvalue weighted by Gasteiger charge is 2.26. The Hall–Kier alpha value is -1.66. The minimum atomic E-state index is -1.49. The lowest BCUT2D eigenvalue weighted by atomic mass is 10.1. The number of carboxylic acid groups (broad SMARTS) is 1. The van der Waals surface area contributed by atoms with Crippen LogP contribution < -0.4 is 5.32 Å². The first-order valence-corrected chi connectivity index (χ1v) is 5.38. The Morgan fingerprint density at radius 3 is 2.56 bits per heavy atom. The molecule has 2 atom stereocenters.